The van der Waals surface area contributed by atoms with Crippen molar-refractivity contribution in [3.63, 3.8) is 0 Å². The molecule has 0 aliphatic carbocycles. The summed E-state index contributed by atoms with van der Waals surface area (Å²) < 4.78 is 13.7. The molecule has 0 heterocycles. The molecule has 2 nitrogen and oxygen atoms in total. The smallest absolute Gasteiger partial charge is 0.228 e. The number of hydrogen-bond acceptors (Lipinski definition) is 1. The summed E-state index contributed by atoms with van der Waals surface area (Å²) in [6.07, 6.45) is 0.813. The minimum Gasteiger partial charge on any atom is -0.325 e. The Kier molecular flexibility index (Phi) is 4.97. The minimum absolute atomic E-state index is 0.0134. The Bertz CT molecular complexity index is 670. The van der Waals surface area contributed by atoms with Gasteiger partial charge in [0.05, 0.1) is 6.42 Å². The van der Waals surface area contributed by atoms with Crippen molar-refractivity contribution in [1.82, 2.24) is 0 Å². The zero-order valence-electron chi connectivity index (χ0n) is 12.0. The Hall–Kier alpha value is -1.87. The van der Waals surface area contributed by atoms with Gasteiger partial charge in [0.25, 0.3) is 0 Å². The van der Waals surface area contributed by atoms with Crippen LogP contribution in [0.4, 0.5) is 10.1 Å². The molecule has 1 amide bonds. The number of benzene rings is 2. The summed E-state index contributed by atoms with van der Waals surface area (Å²) in [5, 5.41) is 3.20. The number of aryl methyl sites for hydroxylation is 2. The van der Waals surface area contributed by atoms with Crippen molar-refractivity contribution in [2.75, 3.05) is 5.32 Å². The molecule has 0 bridgehead atoms. The van der Waals surface area contributed by atoms with E-state index >= 15 is 0 Å². The van der Waals surface area contributed by atoms with Crippen LogP contribution < -0.4 is 5.32 Å². The second-order valence-electron chi connectivity index (χ2n) is 4.92. The Morgan fingerprint density at radius 1 is 1.24 bits per heavy atom. The maximum Gasteiger partial charge on any atom is 0.228 e. The number of amides is 1. The average Bonchev–Trinajstić information content (AvgIpc) is 2.44. The van der Waals surface area contributed by atoms with Crippen molar-refractivity contribution in [2.45, 2.75) is 26.7 Å². The van der Waals surface area contributed by atoms with Crippen LogP contribution in [0.25, 0.3) is 0 Å². The van der Waals surface area contributed by atoms with Crippen LogP contribution in [0.1, 0.15) is 23.6 Å². The molecule has 0 atom stereocenters. The van der Waals surface area contributed by atoms with E-state index in [2.05, 4.69) is 5.32 Å². The first-order valence-electron chi connectivity index (χ1n) is 6.83. The topological polar surface area (TPSA) is 29.1 Å². The van der Waals surface area contributed by atoms with Gasteiger partial charge in [-0.2, -0.15) is 0 Å². The van der Waals surface area contributed by atoms with Crippen molar-refractivity contribution in [2.24, 2.45) is 0 Å². The lowest BCUT2D eigenvalue weighted by atomic mass is 10.1. The van der Waals surface area contributed by atoms with Gasteiger partial charge in [-0.05, 0) is 42.2 Å². The van der Waals surface area contributed by atoms with Crippen LogP contribution in [0.15, 0.2) is 36.4 Å². The van der Waals surface area contributed by atoms with Crippen molar-refractivity contribution in [3.05, 3.63) is 63.9 Å². The summed E-state index contributed by atoms with van der Waals surface area (Å²) in [4.78, 5) is 12.1. The van der Waals surface area contributed by atoms with E-state index in [4.69, 9.17) is 11.6 Å². The molecule has 0 aromatic heterocycles. The van der Waals surface area contributed by atoms with E-state index in [1.807, 2.05) is 32.0 Å². The molecule has 0 unspecified atom stereocenters. The molecular formula is C17H17ClFNO. The molecule has 1 N–H and O–H groups in total. The number of anilines is 1. The van der Waals surface area contributed by atoms with Crippen LogP contribution >= 0.6 is 11.6 Å². The number of hydrogen-bond donors (Lipinski definition) is 1. The molecule has 2 rings (SSSR count). The maximum absolute atomic E-state index is 13.7. The first-order chi connectivity index (χ1) is 10.0. The van der Waals surface area contributed by atoms with Crippen molar-refractivity contribution >= 4 is 23.2 Å². The predicted molar refractivity (Wildman–Crippen MR) is 84.3 cm³/mol. The maximum atomic E-state index is 13.7. The third-order valence-corrected chi connectivity index (χ3v) is 3.61. The molecule has 0 aliphatic heterocycles. The van der Waals surface area contributed by atoms with Gasteiger partial charge in [-0.15, -0.1) is 0 Å². The fourth-order valence-corrected chi connectivity index (χ4v) is 2.38. The molecule has 0 radical (unpaired) electrons. The van der Waals surface area contributed by atoms with E-state index in [9.17, 15) is 9.18 Å². The van der Waals surface area contributed by atoms with Crippen LogP contribution in [0.3, 0.4) is 0 Å². The number of halogens is 2. The fraction of sp³-hybridized carbons (Fsp3) is 0.235. The van der Waals surface area contributed by atoms with Crippen molar-refractivity contribution < 1.29 is 9.18 Å². The SMILES string of the molecule is CCc1cccc(C)c1NC(=O)Cc1ccc(Cl)cc1F. The van der Waals surface area contributed by atoms with Crippen molar-refractivity contribution in [1.29, 1.82) is 0 Å². The van der Waals surface area contributed by atoms with Gasteiger partial charge in [0.1, 0.15) is 5.82 Å². The van der Waals surface area contributed by atoms with Crippen LogP contribution in [0, 0.1) is 12.7 Å². The molecule has 110 valence electrons. The van der Waals surface area contributed by atoms with Gasteiger partial charge in [-0.3, -0.25) is 4.79 Å². The molecular weight excluding hydrogens is 289 g/mol. The summed E-state index contributed by atoms with van der Waals surface area (Å²) in [7, 11) is 0. The van der Waals surface area contributed by atoms with Crippen LogP contribution in [-0.4, -0.2) is 5.91 Å². The highest BCUT2D eigenvalue weighted by molar-refractivity contribution is 6.30. The summed E-state index contributed by atoms with van der Waals surface area (Å²) in [6, 6.07) is 10.2. The van der Waals surface area contributed by atoms with Gasteiger partial charge in [-0.25, -0.2) is 4.39 Å². The highest BCUT2D eigenvalue weighted by Crippen LogP contribution is 2.22. The standard InChI is InChI=1S/C17H17ClFNO/c1-3-12-6-4-5-11(2)17(12)20-16(21)9-13-7-8-14(18)10-15(13)19/h4-8,10H,3,9H2,1-2H3,(H,20,21). The van der Waals surface area contributed by atoms with Gasteiger partial charge in [0.2, 0.25) is 5.91 Å². The molecule has 0 fully saturated rings. The van der Waals surface area contributed by atoms with Gasteiger partial charge < -0.3 is 5.32 Å². The number of nitrogens with one attached hydrogen (secondary N) is 1. The Balaban J connectivity index is 2.15. The quantitative estimate of drug-likeness (QED) is 0.883. The molecule has 0 aliphatic rings. The van der Waals surface area contributed by atoms with E-state index in [0.29, 0.717) is 10.6 Å². The van der Waals surface area contributed by atoms with Crippen LogP contribution in [0.2, 0.25) is 5.02 Å². The number of carbonyl (C=O) groups excluding carboxylic acids is 1. The van der Waals surface area contributed by atoms with Crippen LogP contribution in [-0.2, 0) is 17.6 Å². The van der Waals surface area contributed by atoms with Gasteiger partial charge in [0, 0.05) is 10.7 Å². The van der Waals surface area contributed by atoms with E-state index in [1.54, 1.807) is 6.07 Å². The normalized spacial score (nSPS) is 10.5. The second kappa shape index (κ2) is 6.72. The third-order valence-electron chi connectivity index (χ3n) is 3.37. The summed E-state index contributed by atoms with van der Waals surface area (Å²) >= 11 is 5.70. The summed E-state index contributed by atoms with van der Waals surface area (Å²) in [5.41, 5.74) is 3.22. The zero-order chi connectivity index (χ0) is 15.4. The Morgan fingerprint density at radius 2 is 2.00 bits per heavy atom. The highest BCUT2D eigenvalue weighted by Gasteiger charge is 2.12. The largest absolute Gasteiger partial charge is 0.325 e. The average molecular weight is 306 g/mol. The van der Waals surface area contributed by atoms with Gasteiger partial charge in [0.15, 0.2) is 0 Å². The summed E-state index contributed by atoms with van der Waals surface area (Å²) in [6.45, 7) is 3.97. The monoisotopic (exact) mass is 305 g/mol. The Morgan fingerprint density at radius 3 is 2.67 bits per heavy atom. The molecule has 2 aromatic rings. The number of rotatable bonds is 4. The van der Waals surface area contributed by atoms with E-state index < -0.39 is 5.82 Å². The second-order valence-corrected chi connectivity index (χ2v) is 5.36. The summed E-state index contributed by atoms with van der Waals surface area (Å²) in [5.74, 6) is -0.696. The van der Waals surface area contributed by atoms with Gasteiger partial charge in [-0.1, -0.05) is 42.8 Å². The number of carbonyl (C=O) groups is 1. The van der Waals surface area contributed by atoms with Crippen LogP contribution in [0.5, 0.6) is 0 Å². The van der Waals surface area contributed by atoms with Gasteiger partial charge >= 0.3 is 0 Å². The zero-order valence-corrected chi connectivity index (χ0v) is 12.8. The lowest BCUT2D eigenvalue weighted by Gasteiger charge is -2.13. The molecule has 0 spiro atoms. The van der Waals surface area contributed by atoms with E-state index in [1.165, 1.54) is 12.1 Å². The number of para-hydroxylation sites is 1. The Labute approximate surface area is 128 Å². The third kappa shape index (κ3) is 3.82. The van der Waals surface area contributed by atoms with E-state index in [0.717, 1.165) is 23.2 Å². The van der Waals surface area contributed by atoms with Crippen molar-refractivity contribution in [3.8, 4) is 0 Å². The first-order valence-corrected chi connectivity index (χ1v) is 7.21. The first kappa shape index (κ1) is 15.5. The molecule has 2 aromatic carbocycles. The lowest BCUT2D eigenvalue weighted by molar-refractivity contribution is -0.115. The fourth-order valence-electron chi connectivity index (χ4n) is 2.22. The molecule has 0 saturated heterocycles. The predicted octanol–water partition coefficient (Wildman–Crippen LogP) is 4.53. The molecule has 21 heavy (non-hydrogen) atoms. The molecule has 4 heteroatoms. The lowest BCUT2D eigenvalue weighted by Crippen LogP contribution is -2.17. The minimum atomic E-state index is -0.460. The highest BCUT2D eigenvalue weighted by atomic mass is 35.5. The van der Waals surface area contributed by atoms with E-state index in [-0.39, 0.29) is 12.3 Å². The molecule has 0 saturated carbocycles.